The van der Waals surface area contributed by atoms with Crippen molar-refractivity contribution < 1.29 is 30.9 Å². The van der Waals surface area contributed by atoms with Gasteiger partial charge in [0.2, 0.25) is 0 Å². The van der Waals surface area contributed by atoms with Gasteiger partial charge in [-0.1, -0.05) is 5.16 Å². The zero-order chi connectivity index (χ0) is 19.1. The fraction of sp³-hybridized carbons (Fsp3) is 0.467. The summed E-state index contributed by atoms with van der Waals surface area (Å²) in [5.74, 6) is -0.198. The predicted octanol–water partition coefficient (Wildman–Crippen LogP) is 3.35. The molecule has 0 bridgehead atoms. The summed E-state index contributed by atoms with van der Waals surface area (Å²) in [6.07, 6.45) is -9.88. The lowest BCUT2D eigenvalue weighted by Gasteiger charge is -2.30. The summed E-state index contributed by atoms with van der Waals surface area (Å²) < 4.78 is 82.6. The monoisotopic (exact) mass is 380 g/mol. The van der Waals surface area contributed by atoms with Crippen molar-refractivity contribution in [1.82, 2.24) is 20.4 Å². The maximum atomic E-state index is 13.0. The molecule has 2 aromatic rings. The molecule has 0 amide bonds. The summed E-state index contributed by atoms with van der Waals surface area (Å²) in [5.41, 5.74) is -3.30. The number of hydrogen-bond acceptors (Lipinski definition) is 5. The van der Waals surface area contributed by atoms with Crippen LogP contribution in [0.2, 0.25) is 0 Å². The van der Waals surface area contributed by atoms with Gasteiger partial charge < -0.3 is 9.84 Å². The van der Waals surface area contributed by atoms with Crippen LogP contribution in [0.25, 0.3) is 11.5 Å². The Hall–Kier alpha value is -2.14. The number of halogens is 6. The van der Waals surface area contributed by atoms with E-state index in [1.807, 2.05) is 11.9 Å². The standard InChI is InChI=1S/C15H14F6N4O/c1-25-3-2-22-7-11(25)12-23-13(26-24-12)8-4-9(14(16,17)18)6-10(5-8)15(19,20)21/h4-6,11,22H,2-3,7H2,1H3. The van der Waals surface area contributed by atoms with E-state index < -0.39 is 34.9 Å². The third-order valence-corrected chi connectivity index (χ3v) is 4.09. The van der Waals surface area contributed by atoms with Gasteiger partial charge in [0, 0.05) is 25.2 Å². The van der Waals surface area contributed by atoms with E-state index in [4.69, 9.17) is 4.52 Å². The number of benzene rings is 1. The molecule has 1 aromatic carbocycles. The third-order valence-electron chi connectivity index (χ3n) is 4.09. The third kappa shape index (κ3) is 3.83. The molecule has 0 radical (unpaired) electrons. The van der Waals surface area contributed by atoms with Crippen molar-refractivity contribution in [1.29, 1.82) is 0 Å². The number of nitrogens with one attached hydrogen (secondary N) is 1. The maximum Gasteiger partial charge on any atom is 0.416 e. The largest absolute Gasteiger partial charge is 0.416 e. The Morgan fingerprint density at radius 2 is 1.69 bits per heavy atom. The van der Waals surface area contributed by atoms with Crippen molar-refractivity contribution in [3.05, 3.63) is 35.2 Å². The Balaban J connectivity index is 2.01. The van der Waals surface area contributed by atoms with E-state index in [2.05, 4.69) is 15.5 Å². The van der Waals surface area contributed by atoms with E-state index >= 15 is 0 Å². The van der Waals surface area contributed by atoms with Crippen LogP contribution < -0.4 is 5.32 Å². The first-order valence-corrected chi connectivity index (χ1v) is 7.60. The van der Waals surface area contributed by atoms with Crippen molar-refractivity contribution in [2.24, 2.45) is 0 Å². The molecular weight excluding hydrogens is 366 g/mol. The second-order valence-electron chi connectivity index (χ2n) is 5.95. The first-order valence-electron chi connectivity index (χ1n) is 7.60. The molecule has 3 rings (SSSR count). The Morgan fingerprint density at radius 1 is 1.08 bits per heavy atom. The van der Waals surface area contributed by atoms with Crippen LogP contribution in [0.15, 0.2) is 22.7 Å². The SMILES string of the molecule is CN1CCNCC1c1noc(-c2cc(C(F)(F)F)cc(C(F)(F)F)c2)n1. The van der Waals surface area contributed by atoms with Crippen LogP contribution in [0.5, 0.6) is 0 Å². The molecule has 2 heterocycles. The van der Waals surface area contributed by atoms with Gasteiger partial charge >= 0.3 is 12.4 Å². The van der Waals surface area contributed by atoms with Gasteiger partial charge in [-0.2, -0.15) is 31.3 Å². The van der Waals surface area contributed by atoms with Crippen LogP contribution in [0.4, 0.5) is 26.3 Å². The molecule has 1 fully saturated rings. The zero-order valence-electron chi connectivity index (χ0n) is 13.4. The molecule has 1 unspecified atom stereocenters. The second-order valence-corrected chi connectivity index (χ2v) is 5.95. The van der Waals surface area contributed by atoms with Gasteiger partial charge in [0.25, 0.3) is 5.89 Å². The van der Waals surface area contributed by atoms with Crippen molar-refractivity contribution in [2.45, 2.75) is 18.4 Å². The number of hydrogen-bond donors (Lipinski definition) is 1. The molecule has 1 N–H and O–H groups in total. The summed E-state index contributed by atoms with van der Waals surface area (Å²) in [5, 5.41) is 6.83. The summed E-state index contributed by atoms with van der Waals surface area (Å²) in [6.45, 7) is 1.93. The van der Waals surface area contributed by atoms with Crippen LogP contribution in [0.1, 0.15) is 23.0 Å². The number of likely N-dealkylation sites (N-methyl/N-ethyl adjacent to an activating group) is 1. The Morgan fingerprint density at radius 3 is 2.23 bits per heavy atom. The van der Waals surface area contributed by atoms with Crippen molar-refractivity contribution in [3.8, 4) is 11.5 Å². The normalized spacial score (nSPS) is 19.7. The molecule has 11 heteroatoms. The van der Waals surface area contributed by atoms with Gasteiger partial charge in [0.1, 0.15) is 0 Å². The maximum absolute atomic E-state index is 13.0. The number of alkyl halides is 6. The minimum Gasteiger partial charge on any atom is -0.334 e. The van der Waals surface area contributed by atoms with E-state index in [-0.39, 0.29) is 17.9 Å². The molecule has 1 aliphatic rings. The molecule has 1 aliphatic heterocycles. The number of piperazine rings is 1. The molecule has 1 atom stereocenters. The molecule has 1 saturated heterocycles. The summed E-state index contributed by atoms with van der Waals surface area (Å²) in [6, 6.07) is 0.902. The van der Waals surface area contributed by atoms with E-state index in [0.29, 0.717) is 25.2 Å². The van der Waals surface area contributed by atoms with Gasteiger partial charge in [-0.25, -0.2) is 0 Å². The minimum atomic E-state index is -4.94. The smallest absolute Gasteiger partial charge is 0.334 e. The first kappa shape index (κ1) is 18.6. The quantitative estimate of drug-likeness (QED) is 0.810. The molecule has 0 saturated carbocycles. The number of aromatic nitrogens is 2. The summed E-state index contributed by atoms with van der Waals surface area (Å²) in [7, 11) is 1.81. The molecule has 142 valence electrons. The highest BCUT2D eigenvalue weighted by Crippen LogP contribution is 2.38. The molecule has 26 heavy (non-hydrogen) atoms. The van der Waals surface area contributed by atoms with Crippen LogP contribution in [0.3, 0.4) is 0 Å². The second kappa shape index (κ2) is 6.54. The van der Waals surface area contributed by atoms with Crippen LogP contribution in [-0.4, -0.2) is 41.7 Å². The zero-order valence-corrected chi connectivity index (χ0v) is 13.4. The van der Waals surface area contributed by atoms with Crippen LogP contribution in [-0.2, 0) is 12.4 Å². The van der Waals surface area contributed by atoms with Crippen molar-refractivity contribution in [2.75, 3.05) is 26.7 Å². The highest BCUT2D eigenvalue weighted by atomic mass is 19.4. The van der Waals surface area contributed by atoms with Gasteiger partial charge in [0.15, 0.2) is 5.82 Å². The Labute approximate surface area is 144 Å². The molecular formula is C15H14F6N4O. The average Bonchev–Trinajstić information content (AvgIpc) is 3.03. The fourth-order valence-electron chi connectivity index (χ4n) is 2.66. The van der Waals surface area contributed by atoms with Gasteiger partial charge in [-0.15, -0.1) is 0 Å². The lowest BCUT2D eigenvalue weighted by Crippen LogP contribution is -2.44. The van der Waals surface area contributed by atoms with E-state index in [9.17, 15) is 26.3 Å². The van der Waals surface area contributed by atoms with Gasteiger partial charge in [-0.05, 0) is 25.2 Å². The highest BCUT2D eigenvalue weighted by molar-refractivity contribution is 5.57. The molecule has 1 aromatic heterocycles. The molecule has 5 nitrogen and oxygen atoms in total. The fourth-order valence-corrected chi connectivity index (χ4v) is 2.66. The Kier molecular flexibility index (Phi) is 4.69. The van der Waals surface area contributed by atoms with Gasteiger partial charge in [-0.3, -0.25) is 4.90 Å². The lowest BCUT2D eigenvalue weighted by molar-refractivity contribution is -0.143. The topological polar surface area (TPSA) is 54.2 Å². The minimum absolute atomic E-state index is 0.0552. The van der Waals surface area contributed by atoms with Crippen molar-refractivity contribution in [3.63, 3.8) is 0 Å². The van der Waals surface area contributed by atoms with Crippen molar-refractivity contribution >= 4 is 0 Å². The summed E-state index contributed by atoms with van der Waals surface area (Å²) >= 11 is 0. The van der Waals surface area contributed by atoms with Crippen LogP contribution in [0, 0.1) is 0 Å². The number of nitrogens with zero attached hydrogens (tertiary/aromatic N) is 3. The predicted molar refractivity (Wildman–Crippen MR) is 78.0 cm³/mol. The van der Waals surface area contributed by atoms with E-state index in [1.165, 1.54) is 0 Å². The summed E-state index contributed by atoms with van der Waals surface area (Å²) in [4.78, 5) is 5.92. The highest BCUT2D eigenvalue weighted by Gasteiger charge is 2.37. The van der Waals surface area contributed by atoms with E-state index in [1.54, 1.807) is 0 Å². The lowest BCUT2D eigenvalue weighted by atomic mass is 10.0. The van der Waals surface area contributed by atoms with Gasteiger partial charge in [0.05, 0.1) is 17.2 Å². The molecule has 0 aliphatic carbocycles. The Bertz CT molecular complexity index is 753. The molecule has 0 spiro atoms. The average molecular weight is 380 g/mol. The number of rotatable bonds is 2. The first-order chi connectivity index (χ1) is 12.1. The van der Waals surface area contributed by atoms with E-state index in [0.717, 1.165) is 6.54 Å². The van der Waals surface area contributed by atoms with Crippen LogP contribution >= 0.6 is 0 Å².